The lowest BCUT2D eigenvalue weighted by atomic mass is 9.97. The number of sulfonamides is 1. The first kappa shape index (κ1) is 25.0. The number of anilines is 1. The van der Waals surface area contributed by atoms with Crippen molar-refractivity contribution in [3.63, 3.8) is 0 Å². The molecule has 1 N–H and O–H groups in total. The predicted molar refractivity (Wildman–Crippen MR) is 130 cm³/mol. The van der Waals surface area contributed by atoms with Crippen LogP contribution in [0.25, 0.3) is 0 Å². The number of aryl methyl sites for hydroxylation is 2. The number of hydrogen-bond donors (Lipinski definition) is 1. The molecule has 0 spiro atoms. The van der Waals surface area contributed by atoms with Crippen molar-refractivity contribution in [1.82, 2.24) is 8.87 Å². The fraction of sp³-hybridized carbons (Fsp3) is 0.520. The summed E-state index contributed by atoms with van der Waals surface area (Å²) in [7, 11) is -3.64. The Hall–Kier alpha value is -2.63. The van der Waals surface area contributed by atoms with Crippen LogP contribution in [0.15, 0.2) is 23.2 Å². The first-order valence-electron chi connectivity index (χ1n) is 11.3. The molecule has 2 heterocycles. The lowest BCUT2D eigenvalue weighted by molar-refractivity contribution is -0.121. The normalized spacial score (nSPS) is 15.9. The third-order valence-corrected chi connectivity index (χ3v) is 8.82. The summed E-state index contributed by atoms with van der Waals surface area (Å²) in [5.74, 6) is 0.159. The Balaban J connectivity index is 1.75. The standard InChI is InChI=1S/C25H34N4O3S/c1-16-12-17(2)19(4)23(18(16)3)33(31,32)28-10-8-21(9-11-28)24(30)27-22-13-20(14-26)15-29(22)25(5,6)7/h12-13,15,21H,8-11H2,1-7H3,(H,27,30). The van der Waals surface area contributed by atoms with Crippen molar-refractivity contribution in [3.05, 3.63) is 46.1 Å². The minimum Gasteiger partial charge on any atom is -0.328 e. The highest BCUT2D eigenvalue weighted by Gasteiger charge is 2.34. The molecule has 3 rings (SSSR count). The van der Waals surface area contributed by atoms with Crippen molar-refractivity contribution < 1.29 is 13.2 Å². The van der Waals surface area contributed by atoms with Crippen LogP contribution in [-0.4, -0.2) is 36.3 Å². The number of amides is 1. The summed E-state index contributed by atoms with van der Waals surface area (Å²) in [6, 6.07) is 5.82. The van der Waals surface area contributed by atoms with E-state index in [0.29, 0.717) is 42.2 Å². The van der Waals surface area contributed by atoms with Gasteiger partial charge in [-0.05, 0) is 89.6 Å². The molecule has 33 heavy (non-hydrogen) atoms. The van der Waals surface area contributed by atoms with Gasteiger partial charge in [-0.15, -0.1) is 0 Å². The number of rotatable bonds is 4. The molecule has 0 bridgehead atoms. The first-order chi connectivity index (χ1) is 15.3. The SMILES string of the molecule is Cc1cc(C)c(C)c(S(=O)(=O)N2CCC(C(=O)Nc3cc(C#N)cn3C(C)(C)C)CC2)c1C. The Kier molecular flexibility index (Phi) is 6.79. The van der Waals surface area contributed by atoms with Gasteiger partial charge in [-0.1, -0.05) is 6.07 Å². The van der Waals surface area contributed by atoms with Crippen LogP contribution >= 0.6 is 0 Å². The van der Waals surface area contributed by atoms with E-state index in [0.717, 1.165) is 22.3 Å². The number of nitrogens with one attached hydrogen (secondary N) is 1. The summed E-state index contributed by atoms with van der Waals surface area (Å²) in [4.78, 5) is 13.4. The van der Waals surface area contributed by atoms with E-state index in [9.17, 15) is 18.5 Å². The lowest BCUT2D eigenvalue weighted by Crippen LogP contribution is -2.42. The van der Waals surface area contributed by atoms with E-state index in [2.05, 4.69) is 11.4 Å². The van der Waals surface area contributed by atoms with Crippen LogP contribution in [0.4, 0.5) is 5.82 Å². The average Bonchev–Trinajstić information content (AvgIpc) is 3.16. The maximum Gasteiger partial charge on any atom is 0.243 e. The first-order valence-corrected chi connectivity index (χ1v) is 12.7. The molecular weight excluding hydrogens is 436 g/mol. The van der Waals surface area contributed by atoms with Crippen LogP contribution in [0.2, 0.25) is 0 Å². The molecule has 1 saturated heterocycles. The van der Waals surface area contributed by atoms with E-state index >= 15 is 0 Å². The Morgan fingerprint density at radius 2 is 1.61 bits per heavy atom. The minimum absolute atomic E-state index is 0.140. The average molecular weight is 471 g/mol. The molecule has 1 amide bonds. The van der Waals surface area contributed by atoms with Crippen LogP contribution in [0.5, 0.6) is 0 Å². The summed E-state index contributed by atoms with van der Waals surface area (Å²) in [6.07, 6.45) is 2.64. The highest BCUT2D eigenvalue weighted by molar-refractivity contribution is 7.89. The molecule has 178 valence electrons. The molecule has 7 nitrogen and oxygen atoms in total. The maximum atomic E-state index is 13.5. The quantitative estimate of drug-likeness (QED) is 0.717. The van der Waals surface area contributed by atoms with Gasteiger partial charge in [-0.25, -0.2) is 8.42 Å². The lowest BCUT2D eigenvalue weighted by Gasteiger charge is -2.32. The van der Waals surface area contributed by atoms with Crippen LogP contribution in [0, 0.1) is 44.9 Å². The van der Waals surface area contributed by atoms with Crippen molar-refractivity contribution in [2.24, 2.45) is 5.92 Å². The van der Waals surface area contributed by atoms with Crippen LogP contribution in [-0.2, 0) is 20.4 Å². The molecule has 1 aromatic carbocycles. The van der Waals surface area contributed by atoms with Gasteiger partial charge < -0.3 is 9.88 Å². The number of hydrogen-bond acceptors (Lipinski definition) is 4. The van der Waals surface area contributed by atoms with Gasteiger partial charge in [-0.2, -0.15) is 9.57 Å². The number of nitrogens with zero attached hydrogens (tertiary/aromatic N) is 3. The number of benzene rings is 1. The fourth-order valence-corrected chi connectivity index (χ4v) is 6.50. The van der Waals surface area contributed by atoms with Gasteiger partial charge in [0.15, 0.2) is 0 Å². The number of aromatic nitrogens is 1. The Bertz CT molecular complexity index is 1200. The monoisotopic (exact) mass is 470 g/mol. The summed E-state index contributed by atoms with van der Waals surface area (Å²) >= 11 is 0. The highest BCUT2D eigenvalue weighted by Crippen LogP contribution is 2.32. The van der Waals surface area contributed by atoms with E-state index in [-0.39, 0.29) is 17.4 Å². The van der Waals surface area contributed by atoms with E-state index in [4.69, 9.17) is 0 Å². The molecule has 0 aliphatic carbocycles. The van der Waals surface area contributed by atoms with Crippen molar-refractivity contribution in [1.29, 1.82) is 5.26 Å². The molecule has 1 aromatic heterocycles. The summed E-state index contributed by atoms with van der Waals surface area (Å²) in [5, 5.41) is 12.2. The van der Waals surface area contributed by atoms with Gasteiger partial charge in [0, 0.05) is 30.7 Å². The van der Waals surface area contributed by atoms with Gasteiger partial charge in [0.05, 0.1) is 10.5 Å². The molecule has 2 aromatic rings. The second kappa shape index (κ2) is 8.96. The molecule has 1 aliphatic heterocycles. The van der Waals surface area contributed by atoms with Crippen LogP contribution in [0.1, 0.15) is 61.4 Å². The molecule has 1 fully saturated rings. The summed E-state index contributed by atoms with van der Waals surface area (Å²) < 4.78 is 30.4. The van der Waals surface area contributed by atoms with Gasteiger partial charge in [0.2, 0.25) is 15.9 Å². The van der Waals surface area contributed by atoms with E-state index in [1.54, 1.807) is 12.3 Å². The third-order valence-electron chi connectivity index (χ3n) is 6.64. The van der Waals surface area contributed by atoms with Crippen LogP contribution in [0.3, 0.4) is 0 Å². The summed E-state index contributed by atoms with van der Waals surface area (Å²) in [6.45, 7) is 14.2. The maximum absolute atomic E-state index is 13.5. The number of nitriles is 1. The molecule has 1 aliphatic rings. The molecule has 0 radical (unpaired) electrons. The second-order valence-corrected chi connectivity index (χ2v) is 11.9. The second-order valence-electron chi connectivity index (χ2n) is 10.0. The topological polar surface area (TPSA) is 95.2 Å². The van der Waals surface area contributed by atoms with Crippen molar-refractivity contribution in [3.8, 4) is 6.07 Å². The van der Waals surface area contributed by atoms with Crippen molar-refractivity contribution in [2.45, 2.75) is 71.7 Å². The van der Waals surface area contributed by atoms with Gasteiger partial charge in [0.1, 0.15) is 11.9 Å². The number of carbonyl (C=O) groups is 1. The Morgan fingerprint density at radius 1 is 1.06 bits per heavy atom. The zero-order valence-electron chi connectivity index (χ0n) is 20.6. The van der Waals surface area contributed by atoms with E-state index in [1.807, 2.05) is 59.1 Å². The molecule has 0 unspecified atom stereocenters. The number of piperidine rings is 1. The van der Waals surface area contributed by atoms with Gasteiger partial charge >= 0.3 is 0 Å². The van der Waals surface area contributed by atoms with Gasteiger partial charge in [0.25, 0.3) is 0 Å². The highest BCUT2D eigenvalue weighted by atomic mass is 32.2. The van der Waals surface area contributed by atoms with E-state index < -0.39 is 10.0 Å². The largest absolute Gasteiger partial charge is 0.328 e. The number of carbonyl (C=O) groups excluding carboxylic acids is 1. The zero-order valence-corrected chi connectivity index (χ0v) is 21.4. The Morgan fingerprint density at radius 3 is 2.09 bits per heavy atom. The van der Waals surface area contributed by atoms with Crippen molar-refractivity contribution >= 4 is 21.7 Å². The molecule has 0 saturated carbocycles. The Labute approximate surface area is 197 Å². The molecule has 0 atom stereocenters. The molecule has 8 heteroatoms. The van der Waals surface area contributed by atoms with Crippen molar-refractivity contribution in [2.75, 3.05) is 18.4 Å². The zero-order chi connectivity index (χ0) is 24.7. The van der Waals surface area contributed by atoms with E-state index in [1.165, 1.54) is 4.31 Å². The predicted octanol–water partition coefficient (Wildman–Crippen LogP) is 4.39. The van der Waals surface area contributed by atoms with Crippen LogP contribution < -0.4 is 5.32 Å². The fourth-order valence-electron chi connectivity index (χ4n) is 4.46. The van der Waals surface area contributed by atoms with Gasteiger partial charge in [-0.3, -0.25) is 4.79 Å². The minimum atomic E-state index is -3.64. The summed E-state index contributed by atoms with van der Waals surface area (Å²) in [5.41, 5.74) is 3.69. The molecular formula is C25H34N4O3S. The smallest absolute Gasteiger partial charge is 0.243 e. The third kappa shape index (κ3) is 4.85.